The van der Waals surface area contributed by atoms with Gasteiger partial charge in [0.2, 0.25) is 7.37 Å². The molecule has 1 aliphatic rings. The average molecular weight is 430 g/mol. The lowest BCUT2D eigenvalue weighted by Gasteiger charge is -2.27. The Bertz CT molecular complexity index is 668. The van der Waals surface area contributed by atoms with Gasteiger partial charge in [-0.25, -0.2) is 4.79 Å². The Labute approximate surface area is 156 Å². The van der Waals surface area contributed by atoms with Gasteiger partial charge < -0.3 is 15.7 Å². The summed E-state index contributed by atoms with van der Waals surface area (Å²) in [5.74, 6) is -1.70. The molecule has 2 atom stereocenters. The van der Waals surface area contributed by atoms with Crippen LogP contribution in [0, 0.1) is 5.92 Å². The molecule has 0 heterocycles. The Morgan fingerprint density at radius 1 is 1.28 bits per heavy atom. The highest BCUT2D eigenvalue weighted by molar-refractivity contribution is 9.10. The first kappa shape index (κ1) is 20.4. The molecule has 0 amide bonds. The van der Waals surface area contributed by atoms with E-state index in [-0.39, 0.29) is 5.57 Å². The fourth-order valence-electron chi connectivity index (χ4n) is 3.23. The van der Waals surface area contributed by atoms with Gasteiger partial charge in [0.25, 0.3) is 0 Å². The number of halogens is 1. The normalized spacial score (nSPS) is 20.0. The van der Waals surface area contributed by atoms with Gasteiger partial charge in [-0.15, -0.1) is 0 Å². The van der Waals surface area contributed by atoms with Gasteiger partial charge in [-0.05, 0) is 36.1 Å². The van der Waals surface area contributed by atoms with Crippen molar-refractivity contribution in [2.24, 2.45) is 11.7 Å². The highest BCUT2D eigenvalue weighted by Gasteiger charge is 2.32. The van der Waals surface area contributed by atoms with E-state index >= 15 is 0 Å². The second kappa shape index (κ2) is 9.13. The van der Waals surface area contributed by atoms with Gasteiger partial charge in [-0.1, -0.05) is 60.2 Å². The smallest absolute Gasteiger partial charge is 0.332 e. The zero-order chi connectivity index (χ0) is 18.4. The monoisotopic (exact) mass is 429 g/mol. The topological polar surface area (TPSA) is 101 Å². The standard InChI is InChI=1S/C18H25BrNO4P/c19-16-8-6-14(7-9-16)10-15(18(21)22)12-25(23,24)17(20)11-13-4-2-1-3-5-13/h6-10,13,17H,1-5,11-12,20H2,(H,21,22)(H,23,24)/b15-10-. The fraction of sp³-hybridized carbons (Fsp3) is 0.500. The molecule has 0 aromatic heterocycles. The summed E-state index contributed by atoms with van der Waals surface area (Å²) in [5, 5.41) is 9.41. The third-order valence-corrected chi connectivity index (χ3v) is 7.27. The number of aliphatic carboxylic acids is 1. The first-order valence-electron chi connectivity index (χ1n) is 8.54. The van der Waals surface area contributed by atoms with Crippen LogP contribution in [0.4, 0.5) is 0 Å². The molecule has 2 unspecified atom stereocenters. The van der Waals surface area contributed by atoms with Crippen LogP contribution in [0.2, 0.25) is 0 Å². The van der Waals surface area contributed by atoms with E-state index in [2.05, 4.69) is 15.9 Å². The van der Waals surface area contributed by atoms with E-state index in [1.807, 2.05) is 0 Å². The maximum atomic E-state index is 12.7. The van der Waals surface area contributed by atoms with Crippen LogP contribution >= 0.6 is 23.3 Å². The maximum absolute atomic E-state index is 12.7. The van der Waals surface area contributed by atoms with Crippen molar-refractivity contribution in [3.05, 3.63) is 39.9 Å². The second-order valence-corrected chi connectivity index (χ2v) is 10.2. The van der Waals surface area contributed by atoms with Crippen molar-refractivity contribution >= 4 is 35.3 Å². The number of carbonyl (C=O) groups is 1. The predicted octanol–water partition coefficient (Wildman–Crippen LogP) is 4.44. The number of nitrogens with two attached hydrogens (primary N) is 1. The van der Waals surface area contributed by atoms with Gasteiger partial charge in [0.1, 0.15) is 0 Å². The molecule has 0 bridgehead atoms. The molecule has 1 fully saturated rings. The summed E-state index contributed by atoms with van der Waals surface area (Å²) in [6.45, 7) is 0. The first-order valence-corrected chi connectivity index (χ1v) is 11.2. The maximum Gasteiger partial charge on any atom is 0.332 e. The Hall–Kier alpha value is -0.940. The zero-order valence-corrected chi connectivity index (χ0v) is 16.6. The van der Waals surface area contributed by atoms with Crippen LogP contribution in [0.1, 0.15) is 44.1 Å². The Balaban J connectivity index is 2.09. The van der Waals surface area contributed by atoms with Gasteiger partial charge in [-0.3, -0.25) is 4.57 Å². The van der Waals surface area contributed by atoms with Gasteiger partial charge in [-0.2, -0.15) is 0 Å². The molecule has 1 aromatic rings. The number of hydrogen-bond donors (Lipinski definition) is 3. The van der Waals surface area contributed by atoms with Gasteiger partial charge in [0.15, 0.2) is 0 Å². The van der Waals surface area contributed by atoms with E-state index < -0.39 is 25.3 Å². The molecule has 0 aliphatic heterocycles. The molecule has 25 heavy (non-hydrogen) atoms. The van der Waals surface area contributed by atoms with Gasteiger partial charge in [0.05, 0.1) is 11.9 Å². The zero-order valence-electron chi connectivity index (χ0n) is 14.1. The van der Waals surface area contributed by atoms with E-state index in [9.17, 15) is 19.4 Å². The summed E-state index contributed by atoms with van der Waals surface area (Å²) in [6.07, 6.45) is 7.06. The largest absolute Gasteiger partial charge is 0.478 e. The minimum absolute atomic E-state index is 0.0905. The quantitative estimate of drug-likeness (QED) is 0.439. The number of carboxylic acid groups (broad SMARTS) is 1. The number of carboxylic acids is 1. The molecule has 0 saturated heterocycles. The van der Waals surface area contributed by atoms with E-state index in [1.165, 1.54) is 12.5 Å². The van der Waals surface area contributed by atoms with E-state index in [0.717, 1.165) is 30.2 Å². The molecule has 0 radical (unpaired) electrons. The lowest BCUT2D eigenvalue weighted by atomic mass is 9.87. The minimum atomic E-state index is -3.79. The van der Waals surface area contributed by atoms with Crippen LogP contribution in [-0.4, -0.2) is 27.9 Å². The highest BCUT2D eigenvalue weighted by Crippen LogP contribution is 2.49. The van der Waals surface area contributed by atoms with Crippen molar-refractivity contribution in [2.75, 3.05) is 6.16 Å². The Morgan fingerprint density at radius 3 is 2.44 bits per heavy atom. The number of rotatable bonds is 7. The molecular formula is C18H25BrNO4P. The second-order valence-electron chi connectivity index (χ2n) is 6.75. The Morgan fingerprint density at radius 2 is 1.88 bits per heavy atom. The number of benzene rings is 1. The van der Waals surface area contributed by atoms with Crippen LogP contribution in [0.15, 0.2) is 34.3 Å². The van der Waals surface area contributed by atoms with Crippen LogP contribution in [0.5, 0.6) is 0 Å². The molecule has 138 valence electrons. The van der Waals surface area contributed by atoms with Gasteiger partial charge in [0, 0.05) is 10.0 Å². The Kier molecular flexibility index (Phi) is 7.44. The molecule has 1 aromatic carbocycles. The summed E-state index contributed by atoms with van der Waals surface area (Å²) in [7, 11) is -3.79. The van der Waals surface area contributed by atoms with Crippen LogP contribution in [0.25, 0.3) is 6.08 Å². The molecule has 1 aliphatic carbocycles. The highest BCUT2D eigenvalue weighted by atomic mass is 79.9. The summed E-state index contributed by atoms with van der Waals surface area (Å²) in [4.78, 5) is 21.9. The minimum Gasteiger partial charge on any atom is -0.478 e. The SMILES string of the molecule is NC(CC1CCCCC1)P(=O)(O)C/C(=C/c1ccc(Br)cc1)C(=O)O. The first-order chi connectivity index (χ1) is 11.8. The van der Waals surface area contributed by atoms with Crippen molar-refractivity contribution in [3.63, 3.8) is 0 Å². The van der Waals surface area contributed by atoms with Crippen molar-refractivity contribution in [2.45, 2.75) is 44.3 Å². The third kappa shape index (κ3) is 6.37. The van der Waals surface area contributed by atoms with Crippen LogP contribution in [-0.2, 0) is 9.36 Å². The van der Waals surface area contributed by atoms with Crippen molar-refractivity contribution in [1.82, 2.24) is 0 Å². The van der Waals surface area contributed by atoms with Crippen molar-refractivity contribution in [1.29, 1.82) is 0 Å². The van der Waals surface area contributed by atoms with Crippen LogP contribution in [0.3, 0.4) is 0 Å². The summed E-state index contributed by atoms with van der Waals surface area (Å²) >= 11 is 3.32. The lowest BCUT2D eigenvalue weighted by molar-refractivity contribution is -0.132. The molecule has 0 spiro atoms. The number of hydrogen-bond acceptors (Lipinski definition) is 3. The summed E-state index contributed by atoms with van der Waals surface area (Å²) in [6, 6.07) is 7.08. The molecular weight excluding hydrogens is 405 g/mol. The molecule has 2 rings (SSSR count). The average Bonchev–Trinajstić information content (AvgIpc) is 2.57. The van der Waals surface area contributed by atoms with E-state index in [1.54, 1.807) is 24.3 Å². The van der Waals surface area contributed by atoms with Crippen molar-refractivity contribution in [3.8, 4) is 0 Å². The van der Waals surface area contributed by atoms with E-state index in [0.29, 0.717) is 17.9 Å². The molecule has 1 saturated carbocycles. The third-order valence-electron chi connectivity index (χ3n) is 4.70. The molecule has 5 nitrogen and oxygen atoms in total. The summed E-state index contributed by atoms with van der Waals surface area (Å²) < 4.78 is 13.5. The summed E-state index contributed by atoms with van der Waals surface area (Å²) in [5.41, 5.74) is 6.58. The van der Waals surface area contributed by atoms with Crippen molar-refractivity contribution < 1.29 is 19.4 Å². The lowest BCUT2D eigenvalue weighted by Crippen LogP contribution is -2.27. The predicted molar refractivity (Wildman–Crippen MR) is 104 cm³/mol. The molecule has 7 heteroatoms. The van der Waals surface area contributed by atoms with Crippen LogP contribution < -0.4 is 5.73 Å². The fourth-order valence-corrected chi connectivity index (χ4v) is 5.07. The van der Waals surface area contributed by atoms with Gasteiger partial charge >= 0.3 is 5.97 Å². The molecule has 4 N–H and O–H groups in total. The van der Waals surface area contributed by atoms with E-state index in [4.69, 9.17) is 5.73 Å².